The standard InChI is InChI=1S/C18H31N3O4S2.C17H29N3O4S2.2CH4/c1-17(2,3)25-15(23)13-10-27-26-9-12(19-4)14(22)20-11-18(16(24)21-13)7-5-6-8-18;1-16(2,3)24-14(22)12-9-26-25-8-11(18)13(21)19-10-17(15(23)20-12)6-4-5-7-17;;/h12-13,19H,5-11H2,1-4H3,(H,20,22)(H,21,24);11-12H,4-10,18H2,1-3H3,(H,19,21)(H,20,23);2*1H4/t12?,13-;11?,12-;;/m11../s1. The molecule has 2 spiro atoms. The maximum absolute atomic E-state index is 13.1. The maximum atomic E-state index is 13.1. The first-order chi connectivity index (χ1) is 24.8. The number of ether oxygens (including phenoxy) is 2. The molecule has 2 unspecified atom stereocenters. The number of nitrogens with one attached hydrogen (secondary N) is 5. The maximum Gasteiger partial charge on any atom is 0.330 e. The molecule has 14 nitrogen and oxygen atoms in total. The number of carbonyl (C=O) groups is 6. The van der Waals surface area contributed by atoms with Crippen molar-refractivity contribution < 1.29 is 38.2 Å². The van der Waals surface area contributed by atoms with Gasteiger partial charge in [-0.3, -0.25) is 19.2 Å². The van der Waals surface area contributed by atoms with Gasteiger partial charge in [-0.25, -0.2) is 9.59 Å². The highest BCUT2D eigenvalue weighted by Gasteiger charge is 2.45. The van der Waals surface area contributed by atoms with Gasteiger partial charge in [-0.1, -0.05) is 83.7 Å². The van der Waals surface area contributed by atoms with Crippen molar-refractivity contribution in [3.8, 4) is 0 Å². The number of likely N-dealkylation sites (N-methyl/N-ethyl adjacent to an activating group) is 1. The molecule has 0 radical (unpaired) electrons. The highest BCUT2D eigenvalue weighted by Crippen LogP contribution is 2.39. The summed E-state index contributed by atoms with van der Waals surface area (Å²) < 4.78 is 11.0. The first-order valence-corrected chi connectivity index (χ1v) is 23.3. The molecule has 4 rings (SSSR count). The predicted octanol–water partition coefficient (Wildman–Crippen LogP) is 3.96. The number of carbonyl (C=O) groups excluding carboxylic acids is 6. The van der Waals surface area contributed by atoms with Gasteiger partial charge in [-0.2, -0.15) is 0 Å². The molecule has 2 heterocycles. The van der Waals surface area contributed by atoms with E-state index >= 15 is 0 Å². The van der Waals surface area contributed by atoms with Crippen molar-refractivity contribution in [2.75, 3.05) is 43.1 Å². The van der Waals surface area contributed by atoms with Crippen LogP contribution >= 0.6 is 43.2 Å². The van der Waals surface area contributed by atoms with E-state index in [1.54, 1.807) is 27.8 Å². The molecule has 55 heavy (non-hydrogen) atoms. The second-order valence-corrected chi connectivity index (χ2v) is 21.2. The normalized spacial score (nSPS) is 26.5. The molecule has 18 heteroatoms. The van der Waals surface area contributed by atoms with Gasteiger partial charge < -0.3 is 41.8 Å². The quantitative estimate of drug-likeness (QED) is 0.176. The highest BCUT2D eigenvalue weighted by atomic mass is 33.1. The van der Waals surface area contributed by atoms with E-state index in [1.165, 1.54) is 43.2 Å². The minimum atomic E-state index is -0.719. The van der Waals surface area contributed by atoms with E-state index in [0.717, 1.165) is 25.7 Å². The van der Waals surface area contributed by atoms with Crippen molar-refractivity contribution in [1.29, 1.82) is 0 Å². The summed E-state index contributed by atoms with van der Waals surface area (Å²) in [4.78, 5) is 75.8. The molecule has 2 aliphatic heterocycles. The van der Waals surface area contributed by atoms with Crippen molar-refractivity contribution >= 4 is 78.7 Å². The molecule has 2 saturated carbocycles. The zero-order valence-electron chi connectivity index (χ0n) is 32.2. The van der Waals surface area contributed by atoms with Gasteiger partial charge in [0.15, 0.2) is 0 Å². The molecule has 2 aliphatic carbocycles. The predicted molar refractivity (Wildman–Crippen MR) is 227 cm³/mol. The SMILES string of the molecule is C.C.CC(C)(C)OC(=O)[C@H]1CSSCC(N)C(=O)NCC2(CCCC2)C(=O)N1.CNC1CSSC[C@H](C(=O)OC(C)(C)C)NC(=O)C2(CCCC2)CNC1=O. The van der Waals surface area contributed by atoms with E-state index in [9.17, 15) is 28.8 Å². The third kappa shape index (κ3) is 16.1. The Balaban J connectivity index is 0.000000531. The second kappa shape index (κ2) is 22.9. The molecule has 7 N–H and O–H groups in total. The molecule has 4 aliphatic rings. The van der Waals surface area contributed by atoms with Gasteiger partial charge in [0, 0.05) is 36.1 Å². The molecular weight excluding hydrogens is 785 g/mol. The fourth-order valence-electron chi connectivity index (χ4n) is 6.38. The molecule has 0 aromatic carbocycles. The van der Waals surface area contributed by atoms with Gasteiger partial charge in [0.05, 0.1) is 22.9 Å². The lowest BCUT2D eigenvalue weighted by Crippen LogP contribution is -2.55. The van der Waals surface area contributed by atoms with Gasteiger partial charge in [0.1, 0.15) is 23.3 Å². The Kier molecular flexibility index (Phi) is 21.3. The van der Waals surface area contributed by atoms with Crippen LogP contribution in [0.25, 0.3) is 0 Å². The van der Waals surface area contributed by atoms with Crippen LogP contribution in [0.4, 0.5) is 0 Å². The molecule has 0 bridgehead atoms. The van der Waals surface area contributed by atoms with E-state index in [1.807, 2.05) is 20.8 Å². The number of rotatable bonds is 3. The van der Waals surface area contributed by atoms with Crippen molar-refractivity contribution in [3.63, 3.8) is 0 Å². The molecule has 0 aromatic heterocycles. The first-order valence-electron chi connectivity index (χ1n) is 18.3. The van der Waals surface area contributed by atoms with Crippen LogP contribution in [-0.2, 0) is 38.2 Å². The number of nitrogens with two attached hydrogens (primary N) is 1. The van der Waals surface area contributed by atoms with Crippen LogP contribution in [0.5, 0.6) is 0 Å². The van der Waals surface area contributed by atoms with Gasteiger partial charge in [0.2, 0.25) is 23.6 Å². The van der Waals surface area contributed by atoms with E-state index in [2.05, 4.69) is 26.6 Å². The average molecular weight is 853 g/mol. The zero-order valence-corrected chi connectivity index (χ0v) is 35.5. The van der Waals surface area contributed by atoms with Crippen LogP contribution in [-0.4, -0.2) is 114 Å². The average Bonchev–Trinajstić information content (AvgIpc) is 3.76. The molecule has 0 aromatic rings. The molecule has 318 valence electrons. The monoisotopic (exact) mass is 852 g/mol. The van der Waals surface area contributed by atoms with E-state index in [-0.39, 0.29) is 51.1 Å². The highest BCUT2D eigenvalue weighted by molar-refractivity contribution is 8.77. The molecule has 4 atom stereocenters. The lowest BCUT2D eigenvalue weighted by Gasteiger charge is -2.32. The number of hydrogen-bond acceptors (Lipinski definition) is 14. The third-order valence-electron chi connectivity index (χ3n) is 9.40. The molecular formula is C37H68N6O8S4. The Morgan fingerprint density at radius 1 is 0.655 bits per heavy atom. The lowest BCUT2D eigenvalue weighted by molar-refractivity contribution is -0.159. The van der Waals surface area contributed by atoms with Gasteiger partial charge >= 0.3 is 11.9 Å². The van der Waals surface area contributed by atoms with Crippen molar-refractivity contribution in [3.05, 3.63) is 0 Å². The summed E-state index contributed by atoms with van der Waals surface area (Å²) in [5, 5.41) is 14.6. The van der Waals surface area contributed by atoms with E-state index < -0.39 is 52.1 Å². The summed E-state index contributed by atoms with van der Waals surface area (Å²) in [6, 6.07) is -2.38. The first kappa shape index (κ1) is 51.2. The zero-order chi connectivity index (χ0) is 39.5. The summed E-state index contributed by atoms with van der Waals surface area (Å²) in [5.41, 5.74) is 3.37. The lowest BCUT2D eigenvalue weighted by atomic mass is 9.84. The third-order valence-corrected chi connectivity index (χ3v) is 14.3. The second-order valence-electron chi connectivity index (χ2n) is 16.1. The number of amides is 4. The van der Waals surface area contributed by atoms with Crippen LogP contribution in [0.3, 0.4) is 0 Å². The number of esters is 2. The minimum Gasteiger partial charge on any atom is -0.458 e. The van der Waals surface area contributed by atoms with Gasteiger partial charge in [-0.05, 0) is 74.3 Å². The van der Waals surface area contributed by atoms with E-state index in [0.29, 0.717) is 55.2 Å². The van der Waals surface area contributed by atoms with Crippen molar-refractivity contribution in [2.45, 2.75) is 143 Å². The summed E-state index contributed by atoms with van der Waals surface area (Å²) >= 11 is 0. The van der Waals surface area contributed by atoms with Crippen LogP contribution in [0.2, 0.25) is 0 Å². The summed E-state index contributed by atoms with van der Waals surface area (Å²) in [6.07, 6.45) is 6.56. The van der Waals surface area contributed by atoms with Crippen molar-refractivity contribution in [2.24, 2.45) is 16.6 Å². The van der Waals surface area contributed by atoms with E-state index in [4.69, 9.17) is 15.2 Å². The van der Waals surface area contributed by atoms with Gasteiger partial charge in [-0.15, -0.1) is 0 Å². The van der Waals surface area contributed by atoms with Crippen LogP contribution in [0.1, 0.15) is 108 Å². The smallest absolute Gasteiger partial charge is 0.330 e. The number of hydrogen-bond donors (Lipinski definition) is 6. The van der Waals surface area contributed by atoms with Crippen LogP contribution < -0.4 is 32.3 Å². The Morgan fingerprint density at radius 3 is 1.40 bits per heavy atom. The minimum absolute atomic E-state index is 0. The largest absolute Gasteiger partial charge is 0.458 e. The molecule has 4 fully saturated rings. The Bertz CT molecular complexity index is 1300. The van der Waals surface area contributed by atoms with Gasteiger partial charge in [0.25, 0.3) is 0 Å². The Morgan fingerprint density at radius 2 is 1.02 bits per heavy atom. The summed E-state index contributed by atoms with van der Waals surface area (Å²) in [7, 11) is 7.55. The fourth-order valence-corrected chi connectivity index (χ4v) is 11.0. The van der Waals surface area contributed by atoms with Crippen LogP contribution in [0.15, 0.2) is 0 Å². The summed E-state index contributed by atoms with van der Waals surface area (Å²) in [6.45, 7) is 11.4. The summed E-state index contributed by atoms with van der Waals surface area (Å²) in [5.74, 6) is 0.272. The molecule has 2 saturated heterocycles. The van der Waals surface area contributed by atoms with Crippen LogP contribution in [0, 0.1) is 10.8 Å². The fraction of sp³-hybridized carbons (Fsp3) is 0.838. The molecule has 4 amide bonds. The Hall–Kier alpha value is -1.86. The Labute approximate surface area is 344 Å². The van der Waals surface area contributed by atoms with Crippen molar-refractivity contribution in [1.82, 2.24) is 26.6 Å². The topological polar surface area (TPSA) is 207 Å².